The lowest BCUT2D eigenvalue weighted by molar-refractivity contribution is -0.131. The van der Waals surface area contributed by atoms with Crippen LogP contribution in [-0.4, -0.2) is 34.0 Å². The van der Waals surface area contributed by atoms with Crippen molar-refractivity contribution in [2.75, 3.05) is 13.2 Å². The largest absolute Gasteiger partial charge is 0.464 e. The number of carbonyl (C=O) groups is 1. The van der Waals surface area contributed by atoms with Crippen LogP contribution in [0.4, 0.5) is 0 Å². The first kappa shape index (κ1) is 18.4. The zero-order valence-corrected chi connectivity index (χ0v) is 15.4. The number of hydrogen-bond donors (Lipinski definition) is 1. The Morgan fingerprint density at radius 3 is 2.81 bits per heavy atom. The second-order valence-corrected chi connectivity index (χ2v) is 6.69. The average Bonchev–Trinajstić information content (AvgIpc) is 3.01. The molecule has 2 heterocycles. The number of aryl methyl sites for hydroxylation is 1. The number of fused-ring (bicyclic) bond motifs is 1. The predicted octanol–water partition coefficient (Wildman–Crippen LogP) is 3.74. The maximum Gasteiger partial charge on any atom is 0.227 e. The minimum atomic E-state index is -0.0188. The van der Waals surface area contributed by atoms with Crippen molar-refractivity contribution in [3.8, 4) is 0 Å². The van der Waals surface area contributed by atoms with Crippen molar-refractivity contribution in [2.24, 2.45) is 0 Å². The van der Waals surface area contributed by atoms with Crippen LogP contribution < -0.4 is 0 Å². The highest BCUT2D eigenvalue weighted by Gasteiger charge is 2.18. The third-order valence-corrected chi connectivity index (χ3v) is 4.75. The molecule has 1 N–H and O–H groups in total. The molecule has 0 bridgehead atoms. The van der Waals surface area contributed by atoms with Gasteiger partial charge in [-0.15, -0.1) is 0 Å². The van der Waals surface area contributed by atoms with Gasteiger partial charge in [-0.25, -0.2) is 0 Å². The highest BCUT2D eigenvalue weighted by Crippen LogP contribution is 2.28. The number of hydrogen-bond acceptors (Lipinski definition) is 4. The first-order valence-corrected chi connectivity index (χ1v) is 8.90. The van der Waals surface area contributed by atoms with E-state index < -0.39 is 0 Å². The van der Waals surface area contributed by atoms with Gasteiger partial charge in [-0.2, -0.15) is 0 Å². The van der Waals surface area contributed by atoms with Gasteiger partial charge in [0.1, 0.15) is 5.58 Å². The number of nitrogens with zero attached hydrogens (tertiary/aromatic N) is 2. The number of benzene rings is 1. The van der Waals surface area contributed by atoms with Crippen molar-refractivity contribution in [3.05, 3.63) is 64.6 Å². The number of amides is 1. The van der Waals surface area contributed by atoms with Gasteiger partial charge in [0.25, 0.3) is 0 Å². The molecule has 0 saturated carbocycles. The summed E-state index contributed by atoms with van der Waals surface area (Å²) in [5.41, 5.74) is 3.48. The summed E-state index contributed by atoms with van der Waals surface area (Å²) in [4.78, 5) is 18.6. The molecule has 0 aliphatic rings. The molecule has 5 nitrogen and oxygen atoms in total. The Labute approximate surface area is 157 Å². The van der Waals surface area contributed by atoms with Crippen molar-refractivity contribution < 1.29 is 14.3 Å². The molecule has 2 aromatic heterocycles. The van der Waals surface area contributed by atoms with Crippen molar-refractivity contribution in [3.63, 3.8) is 0 Å². The molecule has 6 heteroatoms. The Morgan fingerprint density at radius 2 is 2.08 bits per heavy atom. The lowest BCUT2D eigenvalue weighted by atomic mass is 10.1. The lowest BCUT2D eigenvalue weighted by Crippen LogP contribution is -2.33. The molecule has 0 saturated heterocycles. The van der Waals surface area contributed by atoms with Crippen LogP contribution >= 0.6 is 11.6 Å². The fraction of sp³-hybridized carbons (Fsp3) is 0.300. The number of pyridine rings is 1. The topological polar surface area (TPSA) is 66.6 Å². The second-order valence-electron chi connectivity index (χ2n) is 6.28. The molecule has 3 aromatic rings. The summed E-state index contributed by atoms with van der Waals surface area (Å²) in [5, 5.41) is 10.7. The van der Waals surface area contributed by atoms with Crippen LogP contribution in [0, 0.1) is 6.92 Å². The Morgan fingerprint density at radius 1 is 1.31 bits per heavy atom. The zero-order valence-electron chi connectivity index (χ0n) is 14.6. The molecular formula is C20H21ClN2O3. The number of carbonyl (C=O) groups excluding carboxylic acids is 1. The van der Waals surface area contributed by atoms with E-state index in [0.29, 0.717) is 24.5 Å². The number of rotatable bonds is 7. The quantitative estimate of drug-likeness (QED) is 0.686. The van der Waals surface area contributed by atoms with E-state index in [1.54, 1.807) is 23.6 Å². The summed E-state index contributed by atoms with van der Waals surface area (Å²) >= 11 is 6.22. The van der Waals surface area contributed by atoms with Gasteiger partial charge < -0.3 is 14.4 Å². The number of halogens is 1. The van der Waals surface area contributed by atoms with E-state index >= 15 is 0 Å². The molecule has 1 amide bonds. The molecule has 0 fully saturated rings. The highest BCUT2D eigenvalue weighted by molar-refractivity contribution is 6.32. The first-order valence-electron chi connectivity index (χ1n) is 8.52. The van der Waals surface area contributed by atoms with E-state index in [0.717, 1.165) is 27.7 Å². The Balaban J connectivity index is 1.80. The Hall–Kier alpha value is -2.37. The predicted molar refractivity (Wildman–Crippen MR) is 101 cm³/mol. The van der Waals surface area contributed by atoms with Crippen LogP contribution in [0.3, 0.4) is 0 Å². The van der Waals surface area contributed by atoms with Crippen molar-refractivity contribution in [1.29, 1.82) is 0 Å². The second kappa shape index (κ2) is 8.34. The molecule has 0 radical (unpaired) electrons. The minimum absolute atomic E-state index is 0.0188. The number of aliphatic hydroxyl groups excluding tert-OH is 1. The SMILES string of the molecule is Cc1cc2occ(CC(=O)N(CCCO)Cc3ccncc3)c2cc1Cl. The molecule has 136 valence electrons. The summed E-state index contributed by atoms with van der Waals surface area (Å²) in [6.07, 6.45) is 5.79. The van der Waals surface area contributed by atoms with Gasteiger partial charge in [-0.1, -0.05) is 11.6 Å². The first-order chi connectivity index (χ1) is 12.6. The van der Waals surface area contributed by atoms with E-state index in [2.05, 4.69) is 4.98 Å². The maximum absolute atomic E-state index is 12.9. The summed E-state index contributed by atoms with van der Waals surface area (Å²) in [7, 11) is 0. The molecule has 26 heavy (non-hydrogen) atoms. The third-order valence-electron chi connectivity index (χ3n) is 4.34. The van der Waals surface area contributed by atoms with Crippen molar-refractivity contribution >= 4 is 28.5 Å². The standard InChI is InChI=1S/C20H21ClN2O3/c1-14-9-19-17(11-18(14)21)16(13-26-19)10-20(25)23(7-2-8-24)12-15-3-5-22-6-4-15/h3-6,9,11,13,24H,2,7-8,10,12H2,1H3. The summed E-state index contributed by atoms with van der Waals surface area (Å²) in [6, 6.07) is 7.50. The molecule has 0 aliphatic heterocycles. The minimum Gasteiger partial charge on any atom is -0.464 e. The maximum atomic E-state index is 12.9. The van der Waals surface area contributed by atoms with Crippen LogP contribution in [0.5, 0.6) is 0 Å². The summed E-state index contributed by atoms with van der Waals surface area (Å²) in [5.74, 6) is -0.0188. The van der Waals surface area contributed by atoms with E-state index in [-0.39, 0.29) is 18.9 Å². The van der Waals surface area contributed by atoms with Gasteiger partial charge in [0.2, 0.25) is 5.91 Å². The number of furan rings is 1. The van der Waals surface area contributed by atoms with Crippen LogP contribution in [0.15, 0.2) is 47.3 Å². The molecule has 0 atom stereocenters. The van der Waals surface area contributed by atoms with Gasteiger partial charge in [-0.05, 0) is 48.7 Å². The fourth-order valence-corrected chi connectivity index (χ4v) is 3.04. The molecule has 0 spiro atoms. The van der Waals surface area contributed by atoms with Gasteiger partial charge in [0.15, 0.2) is 0 Å². The van der Waals surface area contributed by atoms with Crippen molar-refractivity contribution in [2.45, 2.75) is 26.3 Å². The molecule has 0 unspecified atom stereocenters. The lowest BCUT2D eigenvalue weighted by Gasteiger charge is -2.22. The number of aliphatic hydroxyl groups is 1. The summed E-state index contributed by atoms with van der Waals surface area (Å²) in [6.45, 7) is 2.94. The molecule has 1 aromatic carbocycles. The van der Waals surface area contributed by atoms with E-state index in [9.17, 15) is 4.79 Å². The van der Waals surface area contributed by atoms with E-state index in [4.69, 9.17) is 21.1 Å². The molecule has 0 aliphatic carbocycles. The zero-order chi connectivity index (χ0) is 18.5. The van der Waals surface area contributed by atoms with Crippen molar-refractivity contribution in [1.82, 2.24) is 9.88 Å². The van der Waals surface area contributed by atoms with Crippen LogP contribution in [0.1, 0.15) is 23.1 Å². The number of aromatic nitrogens is 1. The smallest absolute Gasteiger partial charge is 0.227 e. The highest BCUT2D eigenvalue weighted by atomic mass is 35.5. The normalized spacial score (nSPS) is 11.0. The van der Waals surface area contributed by atoms with Gasteiger partial charge in [0, 0.05) is 48.1 Å². The molecule has 3 rings (SSSR count). The monoisotopic (exact) mass is 372 g/mol. The average molecular weight is 373 g/mol. The van der Waals surface area contributed by atoms with E-state index in [1.807, 2.05) is 31.2 Å². The van der Waals surface area contributed by atoms with Crippen LogP contribution in [0.2, 0.25) is 5.02 Å². The van der Waals surface area contributed by atoms with Gasteiger partial charge in [-0.3, -0.25) is 9.78 Å². The summed E-state index contributed by atoms with van der Waals surface area (Å²) < 4.78 is 5.59. The Kier molecular flexibility index (Phi) is 5.91. The van der Waals surface area contributed by atoms with Crippen LogP contribution in [0.25, 0.3) is 11.0 Å². The molecular weight excluding hydrogens is 352 g/mol. The van der Waals surface area contributed by atoms with Gasteiger partial charge in [0.05, 0.1) is 12.7 Å². The Bertz CT molecular complexity index is 893. The third kappa shape index (κ3) is 4.23. The fourth-order valence-electron chi connectivity index (χ4n) is 2.88. The van der Waals surface area contributed by atoms with Crippen LogP contribution in [-0.2, 0) is 17.8 Å². The van der Waals surface area contributed by atoms with Gasteiger partial charge >= 0.3 is 0 Å². The van der Waals surface area contributed by atoms with E-state index in [1.165, 1.54) is 0 Å².